The molecule has 4 heterocycles. The van der Waals surface area contributed by atoms with Crippen LogP contribution in [0.15, 0.2) is 36.9 Å². The number of nitrogens with zero attached hydrogens (tertiary/aromatic N) is 3. The second-order valence-electron chi connectivity index (χ2n) is 19.9. The molecule has 2 aromatic rings. The van der Waals surface area contributed by atoms with E-state index >= 15 is 4.79 Å². The molecule has 354 valence electrons. The fourth-order valence-corrected chi connectivity index (χ4v) is 11.8. The van der Waals surface area contributed by atoms with Gasteiger partial charge in [0, 0.05) is 24.3 Å². The second-order valence-corrected chi connectivity index (χ2v) is 22.1. The average molecular weight is 925 g/mol. The molecule has 7 atom stereocenters. The molecule has 1 aromatic carbocycles. The third-order valence-electron chi connectivity index (χ3n) is 15.0. The Labute approximate surface area is 379 Å². The predicted octanol–water partition coefficient (Wildman–Crippen LogP) is 5.54. The molecule has 2 bridgehead atoms. The number of aromatic nitrogens is 1. The molecule has 0 spiro atoms. The summed E-state index contributed by atoms with van der Waals surface area (Å²) >= 11 is 0. The summed E-state index contributed by atoms with van der Waals surface area (Å²) in [5.41, 5.74) is -0.254. The van der Waals surface area contributed by atoms with Gasteiger partial charge in [0.25, 0.3) is 11.8 Å². The summed E-state index contributed by atoms with van der Waals surface area (Å²) in [4.78, 5) is 65.4. The zero-order chi connectivity index (χ0) is 45.7. The second kappa shape index (κ2) is 17.9. The molecule has 9 rings (SSSR count). The average Bonchev–Trinajstić information content (AvgIpc) is 4.23. The molecule has 4 saturated carbocycles. The fraction of sp³-hybridized carbons (Fsp3) is 0.681. The Morgan fingerprint density at radius 1 is 1.02 bits per heavy atom. The number of sulfonamides is 1. The summed E-state index contributed by atoms with van der Waals surface area (Å²) in [6.07, 6.45) is 10.2. The number of amides is 4. The van der Waals surface area contributed by atoms with Crippen LogP contribution in [0.4, 0.5) is 13.6 Å². The van der Waals surface area contributed by atoms with Gasteiger partial charge in [-0.05, 0) is 95.1 Å². The minimum Gasteiger partial charge on any atom is -0.492 e. The Bertz CT molecular complexity index is 2300. The third-order valence-corrected chi connectivity index (χ3v) is 17.1. The number of alkyl carbamates (subject to hydrolysis) is 1. The summed E-state index contributed by atoms with van der Waals surface area (Å²) in [5.74, 6) is -4.29. The van der Waals surface area contributed by atoms with E-state index in [2.05, 4.69) is 21.9 Å². The predicted molar refractivity (Wildman–Crippen MR) is 236 cm³/mol. The van der Waals surface area contributed by atoms with Gasteiger partial charge in [-0.15, -0.1) is 6.58 Å². The van der Waals surface area contributed by atoms with E-state index in [1.54, 1.807) is 11.8 Å². The maximum absolute atomic E-state index is 15.1. The number of fused-ring (bicyclic) bond motifs is 5. The number of hydrogen-bond acceptors (Lipinski definition) is 11. The van der Waals surface area contributed by atoms with Crippen molar-refractivity contribution in [2.45, 2.75) is 150 Å². The van der Waals surface area contributed by atoms with E-state index in [1.807, 2.05) is 24.3 Å². The summed E-state index contributed by atoms with van der Waals surface area (Å²) < 4.78 is 74.0. The highest BCUT2D eigenvalue weighted by Crippen LogP contribution is 2.48. The maximum atomic E-state index is 15.1. The van der Waals surface area contributed by atoms with Crippen LogP contribution in [-0.4, -0.2) is 120 Å². The molecule has 6 fully saturated rings. The molecular formula is C47H62F2N6O9S. The molecule has 1 unspecified atom stereocenters. The van der Waals surface area contributed by atoms with Gasteiger partial charge in [0.2, 0.25) is 27.7 Å². The highest BCUT2D eigenvalue weighted by molar-refractivity contribution is 7.91. The molecule has 18 heteroatoms. The first-order valence-corrected chi connectivity index (χ1v) is 25.2. The number of carbonyl (C=O) groups is 4. The Morgan fingerprint density at radius 2 is 1.74 bits per heavy atom. The van der Waals surface area contributed by atoms with Crippen LogP contribution in [0, 0.1) is 17.8 Å². The molecule has 7 aliphatic rings. The standard InChI is InChI=1S/C47H62F2N6O9S/c1-3-31-25-47(31,43(58)53-65(60,61)45(2)19-20-45)52-40(56)36-24-32-26-55(36)42(57)38(29-13-6-4-7-14-29)51-44(59)64-37-23-30(37)15-8-5-9-17-34-39(62-22-12-21-54-27-46(48,49)28-54)33-16-10-11-18-35(33)50-41(34)63-32/h3,10-11,16,18,29-32,36-38H,1,4-9,12-15,17,19-28H2,2H3,(H,51,59)(H,52,56)(H,53,58)/t30?,31-,32-,36+,37-,38+,47-/m1/s1. The number of hydrogen-bond donors (Lipinski definition) is 3. The van der Waals surface area contributed by atoms with E-state index in [0.29, 0.717) is 62.2 Å². The Hall–Kier alpha value is -4.58. The number of ether oxygens (including phenoxy) is 3. The molecule has 0 radical (unpaired) electrons. The van der Waals surface area contributed by atoms with E-state index in [-0.39, 0.29) is 57.0 Å². The fourth-order valence-electron chi connectivity index (χ4n) is 10.4. The molecule has 4 aliphatic carbocycles. The van der Waals surface area contributed by atoms with Gasteiger partial charge < -0.3 is 29.7 Å². The maximum Gasteiger partial charge on any atom is 0.408 e. The summed E-state index contributed by atoms with van der Waals surface area (Å²) in [6.45, 7) is 5.57. The summed E-state index contributed by atoms with van der Waals surface area (Å²) in [7, 11) is -4.04. The van der Waals surface area contributed by atoms with Crippen molar-refractivity contribution >= 4 is 44.7 Å². The van der Waals surface area contributed by atoms with Crippen molar-refractivity contribution in [3.05, 3.63) is 42.5 Å². The number of nitrogens with one attached hydrogen (secondary N) is 3. The van der Waals surface area contributed by atoms with Gasteiger partial charge in [0.1, 0.15) is 35.6 Å². The zero-order valence-electron chi connectivity index (χ0n) is 37.2. The van der Waals surface area contributed by atoms with Crippen molar-refractivity contribution in [2.24, 2.45) is 17.8 Å². The van der Waals surface area contributed by atoms with Crippen molar-refractivity contribution in [3.63, 3.8) is 0 Å². The Kier molecular flexibility index (Phi) is 12.6. The lowest BCUT2D eigenvalue weighted by Gasteiger charge is -2.38. The van der Waals surface area contributed by atoms with Gasteiger partial charge in [0.15, 0.2) is 0 Å². The molecule has 65 heavy (non-hydrogen) atoms. The van der Waals surface area contributed by atoms with Gasteiger partial charge in [-0.3, -0.25) is 24.0 Å². The number of likely N-dealkylation sites (tertiary alicyclic amines) is 1. The van der Waals surface area contributed by atoms with Crippen LogP contribution in [0.1, 0.15) is 109 Å². The van der Waals surface area contributed by atoms with Crippen LogP contribution in [-0.2, 0) is 35.6 Å². The normalized spacial score (nSPS) is 31.3. The minimum atomic E-state index is -4.04. The van der Waals surface area contributed by atoms with Crippen molar-refractivity contribution in [1.82, 2.24) is 30.1 Å². The van der Waals surface area contributed by atoms with Crippen LogP contribution in [0.5, 0.6) is 11.6 Å². The largest absolute Gasteiger partial charge is 0.492 e. The lowest BCUT2D eigenvalue weighted by Crippen LogP contribution is -2.59. The van der Waals surface area contributed by atoms with Crippen molar-refractivity contribution < 1.29 is 50.6 Å². The first-order valence-electron chi connectivity index (χ1n) is 23.7. The number of carbonyl (C=O) groups excluding carboxylic acids is 4. The van der Waals surface area contributed by atoms with E-state index in [9.17, 15) is 31.6 Å². The number of rotatable bonds is 12. The SMILES string of the molecule is C=C[C@@H]1C[C@]1(NC(=O)[C@@H]1C[C@@H]2CN1C(=O)[C@H](C1CCCCC1)NC(=O)O[C@@H]1CC1CCCCCc1c(nc3ccccc3c1OCCCN1CC(F)(F)C1)O2)C(=O)NS(=O)(=O)C1(C)CC1. The smallest absolute Gasteiger partial charge is 0.408 e. The number of benzene rings is 1. The van der Waals surface area contributed by atoms with Crippen LogP contribution in [0.3, 0.4) is 0 Å². The molecule has 3 aliphatic heterocycles. The van der Waals surface area contributed by atoms with E-state index in [4.69, 9.17) is 19.2 Å². The molecule has 3 N–H and O–H groups in total. The summed E-state index contributed by atoms with van der Waals surface area (Å²) in [5, 5.41) is 6.58. The molecular weight excluding hydrogens is 863 g/mol. The first-order chi connectivity index (χ1) is 31.1. The lowest BCUT2D eigenvalue weighted by molar-refractivity contribution is -0.142. The molecule has 15 nitrogen and oxygen atoms in total. The number of halogens is 2. The van der Waals surface area contributed by atoms with Gasteiger partial charge in [-0.2, -0.15) is 0 Å². The van der Waals surface area contributed by atoms with Gasteiger partial charge in [-0.1, -0.05) is 50.3 Å². The minimum absolute atomic E-state index is 0.000587. The number of alkyl halides is 2. The van der Waals surface area contributed by atoms with Crippen molar-refractivity contribution in [2.75, 3.05) is 32.8 Å². The van der Waals surface area contributed by atoms with Crippen LogP contribution in [0.25, 0.3) is 10.9 Å². The molecule has 1 aromatic heterocycles. The van der Waals surface area contributed by atoms with Crippen LogP contribution >= 0.6 is 0 Å². The van der Waals surface area contributed by atoms with Gasteiger partial charge >= 0.3 is 6.09 Å². The van der Waals surface area contributed by atoms with E-state index in [1.165, 1.54) is 11.0 Å². The summed E-state index contributed by atoms with van der Waals surface area (Å²) in [6, 6.07) is 5.38. The molecule has 4 amide bonds. The Balaban J connectivity index is 1.03. The third kappa shape index (κ3) is 9.66. The van der Waals surface area contributed by atoms with Crippen molar-refractivity contribution in [1.29, 1.82) is 0 Å². The number of para-hydroxylation sites is 1. The number of pyridine rings is 1. The van der Waals surface area contributed by atoms with Crippen LogP contribution in [0.2, 0.25) is 0 Å². The topological polar surface area (TPSA) is 186 Å². The van der Waals surface area contributed by atoms with E-state index in [0.717, 1.165) is 62.3 Å². The highest BCUT2D eigenvalue weighted by atomic mass is 32.2. The van der Waals surface area contributed by atoms with Crippen LogP contribution < -0.4 is 24.8 Å². The van der Waals surface area contributed by atoms with E-state index < -0.39 is 74.2 Å². The lowest BCUT2D eigenvalue weighted by atomic mass is 9.83. The zero-order valence-corrected chi connectivity index (χ0v) is 38.0. The van der Waals surface area contributed by atoms with Gasteiger partial charge in [-0.25, -0.2) is 27.0 Å². The molecule has 2 saturated heterocycles. The van der Waals surface area contributed by atoms with Gasteiger partial charge in [0.05, 0.1) is 42.1 Å². The first kappa shape index (κ1) is 45.6. The highest BCUT2D eigenvalue weighted by Gasteiger charge is 2.63. The monoisotopic (exact) mass is 924 g/mol. The van der Waals surface area contributed by atoms with Crippen molar-refractivity contribution in [3.8, 4) is 11.6 Å². The quantitative estimate of drug-likeness (QED) is 0.179. The Morgan fingerprint density at radius 3 is 2.45 bits per heavy atom.